The molecule has 0 bridgehead atoms. The molecule has 5 heteroatoms. The Morgan fingerprint density at radius 2 is 2.14 bits per heavy atom. The summed E-state index contributed by atoms with van der Waals surface area (Å²) in [4.78, 5) is 12.2. The maximum atomic E-state index is 12.2. The maximum Gasteiger partial charge on any atom is 0.255 e. The number of aromatic hydroxyl groups is 1. The van der Waals surface area contributed by atoms with Crippen molar-refractivity contribution in [2.24, 2.45) is 0 Å². The van der Waals surface area contributed by atoms with Crippen LogP contribution in [0.1, 0.15) is 15.9 Å². The Labute approximate surface area is 122 Å². The molecular weight excluding hydrogens is 268 g/mol. The lowest BCUT2D eigenvalue weighted by Gasteiger charge is -2.09. The predicted molar refractivity (Wildman–Crippen MR) is 81.2 cm³/mol. The summed E-state index contributed by atoms with van der Waals surface area (Å²) in [5.74, 6) is 0.268. The number of rotatable bonds is 3. The van der Waals surface area contributed by atoms with Gasteiger partial charge in [0.05, 0.1) is 12.8 Å². The van der Waals surface area contributed by atoms with E-state index in [2.05, 4.69) is 10.6 Å². The summed E-state index contributed by atoms with van der Waals surface area (Å²) < 4.78 is 5.01. The van der Waals surface area contributed by atoms with Crippen LogP contribution in [0.5, 0.6) is 11.5 Å². The second kappa shape index (κ2) is 5.36. The molecule has 5 nitrogen and oxygen atoms in total. The molecule has 3 rings (SSSR count). The van der Waals surface area contributed by atoms with E-state index >= 15 is 0 Å². The summed E-state index contributed by atoms with van der Waals surface area (Å²) in [6.07, 6.45) is 0.921. The number of carbonyl (C=O) groups is 1. The van der Waals surface area contributed by atoms with Crippen molar-refractivity contribution < 1.29 is 14.6 Å². The van der Waals surface area contributed by atoms with Gasteiger partial charge in [0.1, 0.15) is 11.5 Å². The number of anilines is 2. The highest BCUT2D eigenvalue weighted by atomic mass is 16.5. The number of carbonyl (C=O) groups excluding carboxylic acids is 1. The van der Waals surface area contributed by atoms with E-state index in [0.717, 1.165) is 24.2 Å². The van der Waals surface area contributed by atoms with Gasteiger partial charge in [0.15, 0.2) is 0 Å². The molecule has 21 heavy (non-hydrogen) atoms. The lowest BCUT2D eigenvalue weighted by Crippen LogP contribution is -2.12. The van der Waals surface area contributed by atoms with Gasteiger partial charge in [-0.15, -0.1) is 0 Å². The van der Waals surface area contributed by atoms with E-state index in [1.54, 1.807) is 18.2 Å². The third kappa shape index (κ3) is 2.63. The van der Waals surface area contributed by atoms with Crippen molar-refractivity contribution in [1.29, 1.82) is 0 Å². The van der Waals surface area contributed by atoms with Gasteiger partial charge < -0.3 is 20.5 Å². The van der Waals surface area contributed by atoms with Gasteiger partial charge in [-0.2, -0.15) is 0 Å². The Bertz CT molecular complexity index is 698. The number of phenolic OH excluding ortho intramolecular Hbond substituents is 1. The first kappa shape index (κ1) is 13.3. The first-order valence-electron chi connectivity index (χ1n) is 6.72. The minimum atomic E-state index is -0.245. The van der Waals surface area contributed by atoms with Gasteiger partial charge in [-0.1, -0.05) is 0 Å². The monoisotopic (exact) mass is 284 g/mol. The number of methoxy groups -OCH3 is 1. The molecule has 0 unspecified atom stereocenters. The number of fused-ring (bicyclic) bond motifs is 1. The van der Waals surface area contributed by atoms with Gasteiger partial charge >= 0.3 is 0 Å². The highest BCUT2D eigenvalue weighted by Gasteiger charge is 2.14. The van der Waals surface area contributed by atoms with Gasteiger partial charge in [0.2, 0.25) is 0 Å². The smallest absolute Gasteiger partial charge is 0.255 e. The van der Waals surface area contributed by atoms with Crippen LogP contribution in [0.15, 0.2) is 36.4 Å². The molecule has 0 aliphatic carbocycles. The first-order valence-corrected chi connectivity index (χ1v) is 6.72. The van der Waals surface area contributed by atoms with Crippen LogP contribution in [0.2, 0.25) is 0 Å². The maximum absolute atomic E-state index is 12.2. The molecular formula is C16H16N2O3. The number of hydrogen-bond donors (Lipinski definition) is 3. The van der Waals surface area contributed by atoms with Crippen LogP contribution in [-0.2, 0) is 6.42 Å². The van der Waals surface area contributed by atoms with Crippen LogP contribution in [0.25, 0.3) is 0 Å². The molecule has 0 fully saturated rings. The van der Waals surface area contributed by atoms with E-state index in [1.165, 1.54) is 13.2 Å². The summed E-state index contributed by atoms with van der Waals surface area (Å²) in [5, 5.41) is 15.8. The SMILES string of the molecule is COc1ccc(NC(=O)c2ccc3c(c2)CCN3)c(O)c1. The summed E-state index contributed by atoms with van der Waals surface area (Å²) in [5.41, 5.74) is 3.16. The van der Waals surface area contributed by atoms with Crippen LogP contribution in [0.4, 0.5) is 11.4 Å². The zero-order valence-electron chi connectivity index (χ0n) is 11.6. The van der Waals surface area contributed by atoms with Crippen LogP contribution >= 0.6 is 0 Å². The Balaban J connectivity index is 1.80. The molecule has 0 saturated heterocycles. The van der Waals surface area contributed by atoms with E-state index in [0.29, 0.717) is 17.0 Å². The van der Waals surface area contributed by atoms with Gasteiger partial charge in [-0.3, -0.25) is 4.79 Å². The standard InChI is InChI=1S/C16H16N2O3/c1-21-12-3-5-14(15(19)9-12)18-16(20)11-2-4-13-10(8-11)6-7-17-13/h2-5,8-9,17,19H,6-7H2,1H3,(H,18,20). The van der Waals surface area contributed by atoms with Crippen molar-refractivity contribution in [3.8, 4) is 11.5 Å². The number of hydrogen-bond acceptors (Lipinski definition) is 4. The molecule has 1 amide bonds. The second-order valence-electron chi connectivity index (χ2n) is 4.89. The third-order valence-corrected chi connectivity index (χ3v) is 3.53. The van der Waals surface area contributed by atoms with Crippen LogP contribution in [0, 0.1) is 0 Å². The Morgan fingerprint density at radius 3 is 2.90 bits per heavy atom. The summed E-state index contributed by atoms with van der Waals surface area (Å²) in [7, 11) is 1.52. The number of nitrogens with one attached hydrogen (secondary N) is 2. The summed E-state index contributed by atoms with van der Waals surface area (Å²) >= 11 is 0. The molecule has 1 aliphatic heterocycles. The normalized spacial score (nSPS) is 12.4. The molecule has 0 saturated carbocycles. The molecule has 2 aromatic carbocycles. The fourth-order valence-electron chi connectivity index (χ4n) is 2.38. The van der Waals surface area contributed by atoms with Gasteiger partial charge in [-0.25, -0.2) is 0 Å². The molecule has 3 N–H and O–H groups in total. The van der Waals surface area contributed by atoms with Crippen molar-refractivity contribution in [3.05, 3.63) is 47.5 Å². The lowest BCUT2D eigenvalue weighted by molar-refractivity contribution is 0.102. The minimum absolute atomic E-state index is 0.0227. The van der Waals surface area contributed by atoms with Crippen LogP contribution in [-0.4, -0.2) is 24.7 Å². The van der Waals surface area contributed by atoms with E-state index < -0.39 is 0 Å². The quantitative estimate of drug-likeness (QED) is 0.758. The minimum Gasteiger partial charge on any atom is -0.506 e. The van der Waals surface area contributed by atoms with Crippen molar-refractivity contribution in [1.82, 2.24) is 0 Å². The van der Waals surface area contributed by atoms with E-state index in [1.807, 2.05) is 12.1 Å². The lowest BCUT2D eigenvalue weighted by atomic mass is 10.1. The molecule has 0 atom stereocenters. The Morgan fingerprint density at radius 1 is 1.29 bits per heavy atom. The molecule has 1 heterocycles. The molecule has 108 valence electrons. The Hall–Kier alpha value is -2.69. The number of benzene rings is 2. The highest BCUT2D eigenvalue weighted by molar-refractivity contribution is 6.05. The average Bonchev–Trinajstić information content (AvgIpc) is 2.96. The molecule has 2 aromatic rings. The largest absolute Gasteiger partial charge is 0.506 e. The average molecular weight is 284 g/mol. The van der Waals surface area contributed by atoms with E-state index in [9.17, 15) is 9.90 Å². The molecule has 0 spiro atoms. The van der Waals surface area contributed by atoms with Crippen molar-refractivity contribution in [2.75, 3.05) is 24.3 Å². The fourth-order valence-corrected chi connectivity index (χ4v) is 2.38. The molecule has 1 aliphatic rings. The number of ether oxygens (including phenoxy) is 1. The van der Waals surface area contributed by atoms with E-state index in [-0.39, 0.29) is 11.7 Å². The van der Waals surface area contributed by atoms with Crippen molar-refractivity contribution in [2.45, 2.75) is 6.42 Å². The highest BCUT2D eigenvalue weighted by Crippen LogP contribution is 2.29. The number of amides is 1. The fraction of sp³-hybridized carbons (Fsp3) is 0.188. The van der Waals surface area contributed by atoms with Gasteiger partial charge in [0.25, 0.3) is 5.91 Å². The summed E-state index contributed by atoms with van der Waals surface area (Å²) in [6, 6.07) is 10.3. The van der Waals surface area contributed by atoms with Gasteiger partial charge in [0, 0.05) is 23.9 Å². The predicted octanol–water partition coefficient (Wildman–Crippen LogP) is 2.62. The summed E-state index contributed by atoms with van der Waals surface area (Å²) in [6.45, 7) is 0.902. The zero-order chi connectivity index (χ0) is 14.8. The zero-order valence-corrected chi connectivity index (χ0v) is 11.6. The first-order chi connectivity index (χ1) is 10.2. The van der Waals surface area contributed by atoms with Gasteiger partial charge in [-0.05, 0) is 42.3 Å². The molecule has 0 aromatic heterocycles. The van der Waals surface area contributed by atoms with Crippen molar-refractivity contribution >= 4 is 17.3 Å². The van der Waals surface area contributed by atoms with E-state index in [4.69, 9.17) is 4.74 Å². The van der Waals surface area contributed by atoms with Crippen LogP contribution in [0.3, 0.4) is 0 Å². The number of phenols is 1. The van der Waals surface area contributed by atoms with Crippen molar-refractivity contribution in [3.63, 3.8) is 0 Å². The second-order valence-corrected chi connectivity index (χ2v) is 4.89. The third-order valence-electron chi connectivity index (χ3n) is 3.53. The van der Waals surface area contributed by atoms with Crippen LogP contribution < -0.4 is 15.4 Å². The Kier molecular flexibility index (Phi) is 3.39. The topological polar surface area (TPSA) is 70.6 Å². The molecule has 0 radical (unpaired) electrons.